The standard InChI is InChI=1S/C16H15FO/c1-10-7-8-14(17)13(9-10)16(18)15-11(2)5-4-6-12(15)3/h4-9H,1-3H3. The molecular formula is C16H15FO. The number of hydrogen-bond acceptors (Lipinski definition) is 1. The maximum absolute atomic E-state index is 13.7. The summed E-state index contributed by atoms with van der Waals surface area (Å²) < 4.78 is 13.7. The van der Waals surface area contributed by atoms with E-state index in [4.69, 9.17) is 0 Å². The third-order valence-electron chi connectivity index (χ3n) is 3.07. The summed E-state index contributed by atoms with van der Waals surface area (Å²) in [6, 6.07) is 10.2. The second-order valence-corrected chi connectivity index (χ2v) is 4.58. The second kappa shape index (κ2) is 4.73. The smallest absolute Gasteiger partial charge is 0.196 e. The number of carbonyl (C=O) groups is 1. The van der Waals surface area contributed by atoms with E-state index in [9.17, 15) is 9.18 Å². The molecule has 2 heteroatoms. The number of aryl methyl sites for hydroxylation is 3. The van der Waals surface area contributed by atoms with Crippen LogP contribution in [0, 0.1) is 26.6 Å². The average molecular weight is 242 g/mol. The van der Waals surface area contributed by atoms with Crippen LogP contribution in [-0.2, 0) is 0 Å². The highest BCUT2D eigenvalue weighted by molar-refractivity contribution is 6.11. The van der Waals surface area contributed by atoms with Gasteiger partial charge in [-0.25, -0.2) is 4.39 Å². The molecule has 0 bridgehead atoms. The third kappa shape index (κ3) is 2.19. The minimum Gasteiger partial charge on any atom is -0.288 e. The van der Waals surface area contributed by atoms with E-state index in [1.165, 1.54) is 6.07 Å². The molecule has 0 fully saturated rings. The SMILES string of the molecule is Cc1ccc(F)c(C(=O)c2c(C)cccc2C)c1. The van der Waals surface area contributed by atoms with Crippen molar-refractivity contribution in [1.82, 2.24) is 0 Å². The van der Waals surface area contributed by atoms with Gasteiger partial charge in [-0.3, -0.25) is 4.79 Å². The summed E-state index contributed by atoms with van der Waals surface area (Å²) in [5, 5.41) is 0. The van der Waals surface area contributed by atoms with Gasteiger partial charge in [0.15, 0.2) is 5.78 Å². The average Bonchev–Trinajstić information content (AvgIpc) is 2.32. The van der Waals surface area contributed by atoms with E-state index in [0.717, 1.165) is 16.7 Å². The van der Waals surface area contributed by atoms with Crippen LogP contribution in [0.3, 0.4) is 0 Å². The van der Waals surface area contributed by atoms with Crippen molar-refractivity contribution in [2.45, 2.75) is 20.8 Å². The van der Waals surface area contributed by atoms with E-state index in [0.29, 0.717) is 5.56 Å². The van der Waals surface area contributed by atoms with Gasteiger partial charge in [0.05, 0.1) is 5.56 Å². The van der Waals surface area contributed by atoms with Crippen LogP contribution in [0.4, 0.5) is 4.39 Å². The summed E-state index contributed by atoms with van der Waals surface area (Å²) in [5.74, 6) is -0.708. The summed E-state index contributed by atoms with van der Waals surface area (Å²) >= 11 is 0. The van der Waals surface area contributed by atoms with Gasteiger partial charge in [0.2, 0.25) is 0 Å². The molecule has 2 rings (SSSR count). The van der Waals surface area contributed by atoms with E-state index >= 15 is 0 Å². The van der Waals surface area contributed by atoms with E-state index < -0.39 is 5.82 Å². The van der Waals surface area contributed by atoms with Crippen molar-refractivity contribution in [2.75, 3.05) is 0 Å². The molecule has 2 aromatic rings. The van der Waals surface area contributed by atoms with Gasteiger partial charge in [-0.2, -0.15) is 0 Å². The fraction of sp³-hybridized carbons (Fsp3) is 0.188. The second-order valence-electron chi connectivity index (χ2n) is 4.58. The first kappa shape index (κ1) is 12.5. The van der Waals surface area contributed by atoms with Crippen LogP contribution in [-0.4, -0.2) is 5.78 Å². The topological polar surface area (TPSA) is 17.1 Å². The van der Waals surface area contributed by atoms with Gasteiger partial charge >= 0.3 is 0 Å². The lowest BCUT2D eigenvalue weighted by Crippen LogP contribution is -2.08. The molecule has 0 spiro atoms. The molecule has 1 nitrogen and oxygen atoms in total. The zero-order valence-corrected chi connectivity index (χ0v) is 10.8. The summed E-state index contributed by atoms with van der Waals surface area (Å²) in [7, 11) is 0. The Morgan fingerprint density at radius 1 is 1.00 bits per heavy atom. The summed E-state index contributed by atoms with van der Waals surface area (Å²) in [6.45, 7) is 5.59. The Balaban J connectivity index is 2.58. The molecule has 2 aromatic carbocycles. The number of ketones is 1. The molecule has 0 aliphatic carbocycles. The molecule has 0 aliphatic rings. The van der Waals surface area contributed by atoms with Crippen LogP contribution in [0.25, 0.3) is 0 Å². The lowest BCUT2D eigenvalue weighted by molar-refractivity contribution is 0.103. The van der Waals surface area contributed by atoms with Gasteiger partial charge in [-0.15, -0.1) is 0 Å². The van der Waals surface area contributed by atoms with Gasteiger partial charge in [-0.05, 0) is 44.0 Å². The summed E-state index contributed by atoms with van der Waals surface area (Å²) in [6.07, 6.45) is 0. The van der Waals surface area contributed by atoms with Crippen molar-refractivity contribution in [1.29, 1.82) is 0 Å². The third-order valence-corrected chi connectivity index (χ3v) is 3.07. The molecule has 0 unspecified atom stereocenters. The van der Waals surface area contributed by atoms with Gasteiger partial charge in [-0.1, -0.05) is 29.8 Å². The van der Waals surface area contributed by atoms with E-state index in [-0.39, 0.29) is 11.3 Å². The predicted octanol–water partition coefficient (Wildman–Crippen LogP) is 3.98. The molecule has 0 amide bonds. The Morgan fingerprint density at radius 3 is 2.22 bits per heavy atom. The highest BCUT2D eigenvalue weighted by Gasteiger charge is 2.17. The molecule has 0 saturated carbocycles. The molecule has 0 saturated heterocycles. The number of hydrogen-bond donors (Lipinski definition) is 0. The number of rotatable bonds is 2. The maximum atomic E-state index is 13.7. The van der Waals surface area contributed by atoms with E-state index in [1.54, 1.807) is 12.1 Å². The van der Waals surface area contributed by atoms with Crippen molar-refractivity contribution >= 4 is 5.78 Å². The summed E-state index contributed by atoms with van der Waals surface area (Å²) in [4.78, 5) is 12.4. The van der Waals surface area contributed by atoms with Gasteiger partial charge in [0.1, 0.15) is 5.82 Å². The molecular weight excluding hydrogens is 227 g/mol. The van der Waals surface area contributed by atoms with Crippen LogP contribution in [0.1, 0.15) is 32.6 Å². The Hall–Kier alpha value is -1.96. The lowest BCUT2D eigenvalue weighted by Gasteiger charge is -2.09. The van der Waals surface area contributed by atoms with Crippen LogP contribution in [0.5, 0.6) is 0 Å². The Labute approximate surface area is 106 Å². The number of benzene rings is 2. The first-order valence-electron chi connectivity index (χ1n) is 5.88. The molecule has 0 heterocycles. The minimum atomic E-state index is -0.465. The Bertz CT molecular complexity index is 594. The predicted molar refractivity (Wildman–Crippen MR) is 70.5 cm³/mol. The fourth-order valence-corrected chi connectivity index (χ4v) is 2.12. The van der Waals surface area contributed by atoms with Crippen molar-refractivity contribution in [2.24, 2.45) is 0 Å². The molecule has 0 radical (unpaired) electrons. The molecule has 0 aliphatic heterocycles. The first-order valence-corrected chi connectivity index (χ1v) is 5.88. The van der Waals surface area contributed by atoms with Gasteiger partial charge in [0, 0.05) is 5.56 Å². The number of carbonyl (C=O) groups excluding carboxylic acids is 1. The van der Waals surface area contributed by atoms with Gasteiger partial charge in [0.25, 0.3) is 0 Å². The molecule has 92 valence electrons. The van der Waals surface area contributed by atoms with Gasteiger partial charge < -0.3 is 0 Å². The molecule has 18 heavy (non-hydrogen) atoms. The fourth-order valence-electron chi connectivity index (χ4n) is 2.12. The van der Waals surface area contributed by atoms with Crippen LogP contribution in [0.2, 0.25) is 0 Å². The quantitative estimate of drug-likeness (QED) is 0.728. The first-order chi connectivity index (χ1) is 8.50. The van der Waals surface area contributed by atoms with Crippen molar-refractivity contribution in [3.8, 4) is 0 Å². The highest BCUT2D eigenvalue weighted by atomic mass is 19.1. The van der Waals surface area contributed by atoms with E-state index in [1.807, 2.05) is 39.0 Å². The number of halogens is 1. The minimum absolute atomic E-state index is 0.146. The van der Waals surface area contributed by atoms with Crippen LogP contribution in [0.15, 0.2) is 36.4 Å². The van der Waals surface area contributed by atoms with E-state index in [2.05, 4.69) is 0 Å². The van der Waals surface area contributed by atoms with Crippen LogP contribution < -0.4 is 0 Å². The van der Waals surface area contributed by atoms with Crippen LogP contribution >= 0.6 is 0 Å². The van der Waals surface area contributed by atoms with Crippen molar-refractivity contribution in [3.05, 3.63) is 70.0 Å². The monoisotopic (exact) mass is 242 g/mol. The summed E-state index contributed by atoms with van der Waals surface area (Å²) in [5.41, 5.74) is 3.38. The Kier molecular flexibility index (Phi) is 3.28. The molecule has 0 N–H and O–H groups in total. The zero-order chi connectivity index (χ0) is 13.3. The zero-order valence-electron chi connectivity index (χ0n) is 10.8. The van der Waals surface area contributed by atoms with Crippen molar-refractivity contribution < 1.29 is 9.18 Å². The van der Waals surface area contributed by atoms with Crippen molar-refractivity contribution in [3.63, 3.8) is 0 Å². The molecule has 0 atom stereocenters. The highest BCUT2D eigenvalue weighted by Crippen LogP contribution is 2.20. The maximum Gasteiger partial charge on any atom is 0.196 e. The largest absolute Gasteiger partial charge is 0.288 e. The normalized spacial score (nSPS) is 10.4. The molecule has 0 aromatic heterocycles. The Morgan fingerprint density at radius 2 is 1.61 bits per heavy atom. The lowest BCUT2D eigenvalue weighted by atomic mass is 9.94.